The SMILES string of the molecule is [2H]C([2H])([2H])C([2H])(C[C@@]([2H])(NC(=O)[C@H](Cc1ccccc1)NC(=O)[C@H](CC(C)C)NC(=O)[C@H](CCc1ccccc1)NC(=O)CN1C([2H])([2H])C([2H])([2H])OC([2H])([2H])C1([2H])[2H])C(=O)[C@@]1(C)CO1)C([2H])([2H])[2H]. The average molecular weight is 736 g/mol. The summed E-state index contributed by atoms with van der Waals surface area (Å²) in [6.07, 6.45) is -2.04. The van der Waals surface area contributed by atoms with Crippen LogP contribution in [0.5, 0.6) is 0 Å². The zero-order valence-electron chi connectivity index (χ0n) is 45.3. The van der Waals surface area contributed by atoms with Gasteiger partial charge in [0.15, 0.2) is 5.78 Å². The van der Waals surface area contributed by atoms with Gasteiger partial charge in [-0.3, -0.25) is 28.9 Å². The molecule has 4 amide bonds. The molecule has 2 saturated heterocycles. The minimum absolute atomic E-state index is 0.00527. The maximum Gasteiger partial charge on any atom is 0.243 e. The van der Waals surface area contributed by atoms with Crippen molar-refractivity contribution in [3.05, 3.63) is 71.8 Å². The number of aryl methyl sites for hydroxylation is 1. The Balaban J connectivity index is 1.68. The van der Waals surface area contributed by atoms with Crippen molar-refractivity contribution in [3.63, 3.8) is 0 Å². The van der Waals surface area contributed by atoms with E-state index >= 15 is 0 Å². The summed E-state index contributed by atoms with van der Waals surface area (Å²) in [7, 11) is 0. The first kappa shape index (κ1) is 23.5. The summed E-state index contributed by atoms with van der Waals surface area (Å²) in [6.45, 7) is -17.9. The summed E-state index contributed by atoms with van der Waals surface area (Å²) in [5.74, 6) is -9.57. The van der Waals surface area contributed by atoms with Gasteiger partial charge in [0.2, 0.25) is 23.6 Å². The first-order valence-corrected chi connectivity index (χ1v) is 16.9. The molecular formula is C40H57N5O7. The Morgan fingerprint density at radius 2 is 1.40 bits per heavy atom. The van der Waals surface area contributed by atoms with Crippen molar-refractivity contribution in [1.29, 1.82) is 0 Å². The Labute approximate surface area is 330 Å². The van der Waals surface area contributed by atoms with E-state index < -0.39 is 118 Å². The number of hydrogen-bond acceptors (Lipinski definition) is 8. The smallest absolute Gasteiger partial charge is 0.243 e. The number of hydrogen-bond donors (Lipinski definition) is 4. The van der Waals surface area contributed by atoms with Crippen LogP contribution in [0.4, 0.5) is 0 Å². The monoisotopic (exact) mass is 736 g/mol. The second kappa shape index (κ2) is 19.6. The quantitative estimate of drug-likeness (QED) is 0.151. The van der Waals surface area contributed by atoms with Gasteiger partial charge in [0.05, 0.1) is 39.1 Å². The Morgan fingerprint density at radius 3 is 2.00 bits per heavy atom. The van der Waals surface area contributed by atoms with Crippen LogP contribution in [0.3, 0.4) is 0 Å². The molecule has 2 aromatic rings. The van der Waals surface area contributed by atoms with E-state index in [1.54, 1.807) is 74.5 Å². The van der Waals surface area contributed by atoms with Crippen LogP contribution in [0.1, 0.15) is 86.8 Å². The molecule has 0 bridgehead atoms. The van der Waals surface area contributed by atoms with E-state index in [0.717, 1.165) is 0 Å². The zero-order chi connectivity index (χ0) is 51.7. The third kappa shape index (κ3) is 13.1. The molecule has 4 rings (SSSR count). The van der Waals surface area contributed by atoms with Gasteiger partial charge in [-0.15, -0.1) is 0 Å². The summed E-state index contributed by atoms with van der Waals surface area (Å²) >= 11 is 0. The molecule has 5 atom stereocenters. The molecular weight excluding hydrogens is 662 g/mol. The third-order valence-electron chi connectivity index (χ3n) is 8.20. The highest BCUT2D eigenvalue weighted by atomic mass is 16.6. The Morgan fingerprint density at radius 1 is 0.827 bits per heavy atom. The fraction of sp³-hybridized carbons (Fsp3) is 0.575. The fourth-order valence-electron chi connectivity index (χ4n) is 5.36. The van der Waals surface area contributed by atoms with Crippen molar-refractivity contribution in [2.45, 2.75) is 96.3 Å². The van der Waals surface area contributed by atoms with Gasteiger partial charge in [0.25, 0.3) is 0 Å². The number of benzene rings is 2. The van der Waals surface area contributed by atoms with Gasteiger partial charge < -0.3 is 30.7 Å². The number of nitrogens with one attached hydrogen (secondary N) is 4. The van der Waals surface area contributed by atoms with Gasteiger partial charge >= 0.3 is 0 Å². The minimum atomic E-state index is -3.60. The molecule has 12 heteroatoms. The molecule has 0 spiro atoms. The van der Waals surface area contributed by atoms with Crippen molar-refractivity contribution in [2.75, 3.05) is 39.3 Å². The Hall–Kier alpha value is -4.13. The molecule has 52 heavy (non-hydrogen) atoms. The maximum absolute atomic E-state index is 14.4. The highest BCUT2D eigenvalue weighted by Crippen LogP contribution is 2.29. The van der Waals surface area contributed by atoms with Crippen LogP contribution in [0.15, 0.2) is 60.7 Å². The maximum atomic E-state index is 14.4. The number of Topliss-reactive ketones (excluding diaryl/α,β-unsaturated/α-hetero) is 1. The lowest BCUT2D eigenvalue weighted by molar-refractivity contribution is -0.135. The molecule has 2 aliphatic rings. The van der Waals surface area contributed by atoms with E-state index in [4.69, 9.17) is 25.3 Å². The van der Waals surface area contributed by atoms with E-state index in [0.29, 0.717) is 11.1 Å². The van der Waals surface area contributed by atoms with Crippen LogP contribution in [0.25, 0.3) is 0 Å². The molecule has 2 fully saturated rings. The lowest BCUT2D eigenvalue weighted by Crippen LogP contribution is -2.59. The predicted octanol–water partition coefficient (Wildman–Crippen LogP) is 2.58. The molecule has 0 saturated carbocycles. The number of carbonyl (C=O) groups excluding carboxylic acids is 5. The highest BCUT2D eigenvalue weighted by Gasteiger charge is 2.50. The van der Waals surface area contributed by atoms with Crippen molar-refractivity contribution < 1.29 is 55.4 Å². The Kier molecular flexibility index (Phi) is 8.88. The number of carbonyl (C=O) groups is 5. The molecule has 2 heterocycles. The summed E-state index contributed by atoms with van der Waals surface area (Å²) in [5, 5.41) is 9.59. The van der Waals surface area contributed by atoms with Crippen molar-refractivity contribution >= 4 is 29.4 Å². The molecule has 0 radical (unpaired) electrons. The van der Waals surface area contributed by atoms with Crippen molar-refractivity contribution in [1.82, 2.24) is 26.2 Å². The van der Waals surface area contributed by atoms with Gasteiger partial charge in [-0.05, 0) is 55.5 Å². The van der Waals surface area contributed by atoms with E-state index in [1.165, 1.54) is 6.92 Å². The number of epoxide rings is 1. The van der Waals surface area contributed by atoms with Crippen molar-refractivity contribution in [3.8, 4) is 0 Å². The van der Waals surface area contributed by atoms with Gasteiger partial charge in [-0.25, -0.2) is 0 Å². The first-order chi connectivity index (χ1) is 30.9. The molecule has 2 aromatic carbocycles. The normalized spacial score (nSPS) is 29.3. The predicted molar refractivity (Wildman–Crippen MR) is 198 cm³/mol. The number of rotatable bonds is 20. The lowest BCUT2D eigenvalue weighted by Gasteiger charge is -2.29. The number of nitrogens with zero attached hydrogens (tertiary/aromatic N) is 1. The van der Waals surface area contributed by atoms with E-state index in [9.17, 15) is 25.3 Å². The molecule has 2 aliphatic heterocycles. The summed E-state index contributed by atoms with van der Waals surface area (Å²) in [5.41, 5.74) is -0.632. The first-order valence-electron chi connectivity index (χ1n) is 24.9. The number of ether oxygens (including phenoxy) is 2. The molecule has 0 unspecified atom stereocenters. The van der Waals surface area contributed by atoms with E-state index in [-0.39, 0.29) is 43.1 Å². The lowest BCUT2D eigenvalue weighted by atomic mass is 9.93. The highest BCUT2D eigenvalue weighted by molar-refractivity contribution is 5.98. The van der Waals surface area contributed by atoms with Gasteiger partial charge in [-0.2, -0.15) is 0 Å². The van der Waals surface area contributed by atoms with Crippen LogP contribution in [0.2, 0.25) is 0 Å². The summed E-state index contributed by atoms with van der Waals surface area (Å²) in [4.78, 5) is 70.5. The molecule has 4 N–H and O–H groups in total. The largest absolute Gasteiger partial charge is 0.379 e. The average Bonchev–Trinajstić information content (AvgIpc) is 3.97. The van der Waals surface area contributed by atoms with Crippen LogP contribution in [-0.2, 0) is 46.3 Å². The second-order valence-electron chi connectivity index (χ2n) is 13.2. The summed E-state index contributed by atoms with van der Waals surface area (Å²) in [6, 6.07) is 8.74. The fourth-order valence-corrected chi connectivity index (χ4v) is 5.36. The molecule has 284 valence electrons. The van der Waals surface area contributed by atoms with Crippen LogP contribution in [0, 0.1) is 11.8 Å². The third-order valence-corrected chi connectivity index (χ3v) is 8.20. The molecule has 0 aliphatic carbocycles. The summed E-state index contributed by atoms with van der Waals surface area (Å²) < 4.78 is 140. The topological polar surface area (TPSA) is 158 Å². The van der Waals surface area contributed by atoms with Crippen molar-refractivity contribution in [2.24, 2.45) is 11.8 Å². The Bertz CT molecular complexity index is 2100. The van der Waals surface area contributed by atoms with Crippen LogP contribution in [-0.4, -0.2) is 103 Å². The van der Waals surface area contributed by atoms with E-state index in [1.807, 2.05) is 0 Å². The van der Waals surface area contributed by atoms with Gasteiger partial charge in [-0.1, -0.05) is 88.2 Å². The van der Waals surface area contributed by atoms with Crippen LogP contribution >= 0.6 is 0 Å². The van der Waals surface area contributed by atoms with Gasteiger partial charge in [0.1, 0.15) is 23.7 Å². The number of morpholine rings is 1. The number of amides is 4. The van der Waals surface area contributed by atoms with Crippen LogP contribution < -0.4 is 21.3 Å². The van der Waals surface area contributed by atoms with E-state index in [2.05, 4.69) is 26.0 Å². The zero-order valence-corrected chi connectivity index (χ0v) is 29.3. The minimum Gasteiger partial charge on any atom is -0.379 e. The molecule has 0 aromatic heterocycles. The second-order valence-corrected chi connectivity index (χ2v) is 13.2. The standard InChI is InChI=1S/C40H57N5O7/c1-27(2)22-32(36(47)40(5)26-52-40)42-39(50)34(24-30-14-10-7-11-15-30)44-38(49)33(23-28(3)4)43-37(48)31(17-16-29-12-8-6-9-13-29)41-35(46)25-45-18-20-51-21-19-45/h6-15,27-28,31-34H,16-26H2,1-5H3,(H,41,46)(H,42,50)(H,43,48)(H,44,49)/t31-,32+,33-,34-,40+/m0/s1/i1D3,2D3,18D2,19D2,20D2,21D2,27D,32D. The van der Waals surface area contributed by atoms with Gasteiger partial charge in [0, 0.05) is 34.5 Å². The number of ketones is 1. The molecule has 12 nitrogen and oxygen atoms in total.